The van der Waals surface area contributed by atoms with Crippen LogP contribution >= 0.6 is 0 Å². The maximum atomic E-state index is 13.0. The van der Waals surface area contributed by atoms with E-state index in [0.717, 1.165) is 28.5 Å². The van der Waals surface area contributed by atoms with Crippen molar-refractivity contribution in [2.75, 3.05) is 6.61 Å². The van der Waals surface area contributed by atoms with Crippen LogP contribution in [0.5, 0.6) is 11.6 Å². The van der Waals surface area contributed by atoms with Crippen LogP contribution in [-0.2, 0) is 0 Å². The van der Waals surface area contributed by atoms with Crippen molar-refractivity contribution < 1.29 is 23.5 Å². The Bertz CT molecular complexity index is 1720. The zero-order valence-electron chi connectivity index (χ0n) is 23.0. The Morgan fingerprint density at radius 2 is 1.50 bits per heavy atom. The lowest BCUT2D eigenvalue weighted by Crippen LogP contribution is -1.97. The largest absolute Gasteiger partial charge is 0.494 e. The van der Waals surface area contributed by atoms with Crippen LogP contribution in [0.15, 0.2) is 62.4 Å². The van der Waals surface area contributed by atoms with Gasteiger partial charge in [-0.15, -0.1) is 0 Å². The molecule has 3 aromatic heterocycles. The number of nitrogens with one attached hydrogen (secondary N) is 1. The molecule has 0 saturated heterocycles. The van der Waals surface area contributed by atoms with Gasteiger partial charge in [-0.2, -0.15) is 0 Å². The zero-order valence-corrected chi connectivity index (χ0v) is 23.0. The molecule has 4 heterocycles. The predicted molar refractivity (Wildman–Crippen MR) is 157 cm³/mol. The highest BCUT2D eigenvalue weighted by molar-refractivity contribution is 6.30. The van der Waals surface area contributed by atoms with Gasteiger partial charge in [-0.3, -0.25) is 4.79 Å². The number of benzene rings is 2. The number of aromatic hydroxyl groups is 1. The second-order valence-electron chi connectivity index (χ2n) is 10.6. The standard InChI is InChI=1S/C33H34N2O5/c1-3-4-5-6-7-8-9-10-15-38-23-14-13-22-18-27(40-25(22)19-23)31-29-28(32(36)35-31)30(34-33(29)37)26-17-21-12-11-20(2)16-24(21)39-26/h11-14,16-19,35-36H,3-10,15H2,1-2H3. The second kappa shape index (κ2) is 11.1. The van der Waals surface area contributed by atoms with E-state index in [0.29, 0.717) is 46.3 Å². The summed E-state index contributed by atoms with van der Waals surface area (Å²) in [6, 6.07) is 15.3. The minimum Gasteiger partial charge on any atom is -0.494 e. The van der Waals surface area contributed by atoms with Crippen molar-refractivity contribution in [2.24, 2.45) is 4.99 Å². The van der Waals surface area contributed by atoms with Gasteiger partial charge >= 0.3 is 0 Å². The van der Waals surface area contributed by atoms with Gasteiger partial charge in [0.15, 0.2) is 17.4 Å². The van der Waals surface area contributed by atoms with Crippen molar-refractivity contribution in [1.82, 2.24) is 4.98 Å². The number of aromatic amines is 1. The maximum Gasteiger partial charge on any atom is 0.280 e. The first-order chi connectivity index (χ1) is 19.5. The number of ether oxygens (including phenoxy) is 1. The molecule has 0 spiro atoms. The Balaban J connectivity index is 1.17. The van der Waals surface area contributed by atoms with Crippen molar-refractivity contribution in [3.8, 4) is 23.1 Å². The van der Waals surface area contributed by atoms with E-state index < -0.39 is 5.91 Å². The molecule has 2 N–H and O–H groups in total. The summed E-state index contributed by atoms with van der Waals surface area (Å²) < 4.78 is 18.1. The fourth-order valence-corrected chi connectivity index (χ4v) is 5.41. The topological polar surface area (TPSA) is 101 Å². The van der Waals surface area contributed by atoms with Crippen molar-refractivity contribution in [3.63, 3.8) is 0 Å². The molecule has 206 valence electrons. The normalized spacial score (nSPS) is 12.9. The lowest BCUT2D eigenvalue weighted by atomic mass is 10.1. The number of hydrogen-bond acceptors (Lipinski definition) is 5. The monoisotopic (exact) mass is 538 g/mol. The van der Waals surface area contributed by atoms with Crippen LogP contribution in [0, 0.1) is 6.92 Å². The molecule has 7 heteroatoms. The van der Waals surface area contributed by atoms with Crippen LogP contribution in [0.4, 0.5) is 0 Å². The lowest BCUT2D eigenvalue weighted by molar-refractivity contribution is 0.101. The third-order valence-corrected chi connectivity index (χ3v) is 7.56. The molecule has 0 atom stereocenters. The quantitative estimate of drug-likeness (QED) is 0.155. The molecule has 0 bridgehead atoms. The van der Waals surface area contributed by atoms with Gasteiger partial charge in [0.05, 0.1) is 23.4 Å². The van der Waals surface area contributed by atoms with E-state index in [-0.39, 0.29) is 11.4 Å². The van der Waals surface area contributed by atoms with Crippen molar-refractivity contribution in [3.05, 3.63) is 71.0 Å². The number of unbranched alkanes of at least 4 members (excludes halogenated alkanes) is 7. The SMILES string of the molecule is CCCCCCCCCCOc1ccc2cc(-c3[nH]c(O)c4c3C(=O)N=C4c3cc4ccc(C)cc4o3)oc2c1. The van der Waals surface area contributed by atoms with E-state index in [1.54, 1.807) is 0 Å². The molecular formula is C33H34N2O5. The molecule has 0 fully saturated rings. The highest BCUT2D eigenvalue weighted by atomic mass is 16.5. The average Bonchev–Trinajstić information content (AvgIpc) is 3.70. The lowest BCUT2D eigenvalue weighted by Gasteiger charge is -2.06. The van der Waals surface area contributed by atoms with E-state index in [2.05, 4.69) is 16.9 Å². The molecule has 40 heavy (non-hydrogen) atoms. The number of carbonyl (C=O) groups is 1. The Labute approximate surface area is 232 Å². The highest BCUT2D eigenvalue weighted by Crippen LogP contribution is 2.40. The summed E-state index contributed by atoms with van der Waals surface area (Å²) in [6.07, 6.45) is 10.0. The van der Waals surface area contributed by atoms with Crippen LogP contribution in [0.1, 0.15) is 85.5 Å². The van der Waals surface area contributed by atoms with Gasteiger partial charge in [-0.05, 0) is 49.2 Å². The zero-order chi connectivity index (χ0) is 27.6. The van der Waals surface area contributed by atoms with Gasteiger partial charge in [0.25, 0.3) is 5.91 Å². The van der Waals surface area contributed by atoms with Gasteiger partial charge in [-0.1, -0.05) is 64.0 Å². The molecule has 5 aromatic rings. The van der Waals surface area contributed by atoms with E-state index in [9.17, 15) is 9.90 Å². The molecule has 1 aliphatic rings. The Hall–Kier alpha value is -4.26. The van der Waals surface area contributed by atoms with Gasteiger partial charge in [-0.25, -0.2) is 4.99 Å². The summed E-state index contributed by atoms with van der Waals surface area (Å²) >= 11 is 0. The minimum atomic E-state index is -0.456. The van der Waals surface area contributed by atoms with Crippen LogP contribution < -0.4 is 4.74 Å². The fraction of sp³-hybridized carbons (Fsp3) is 0.333. The number of carbonyl (C=O) groups excluding carboxylic acids is 1. The van der Waals surface area contributed by atoms with Crippen molar-refractivity contribution in [1.29, 1.82) is 0 Å². The van der Waals surface area contributed by atoms with Gasteiger partial charge < -0.3 is 23.7 Å². The summed E-state index contributed by atoms with van der Waals surface area (Å²) in [6.45, 7) is 4.90. The molecule has 0 saturated carbocycles. The van der Waals surface area contributed by atoms with Crippen LogP contribution in [0.25, 0.3) is 33.4 Å². The molecule has 2 aromatic carbocycles. The molecule has 6 rings (SSSR count). The van der Waals surface area contributed by atoms with Crippen molar-refractivity contribution >= 4 is 33.6 Å². The third kappa shape index (κ3) is 5.04. The number of nitrogens with zero attached hydrogens (tertiary/aromatic N) is 1. The Morgan fingerprint density at radius 3 is 2.30 bits per heavy atom. The molecule has 0 radical (unpaired) electrons. The number of rotatable bonds is 12. The van der Waals surface area contributed by atoms with E-state index in [1.807, 2.05) is 55.5 Å². The molecular weight excluding hydrogens is 504 g/mol. The summed E-state index contributed by atoms with van der Waals surface area (Å²) in [5.41, 5.74) is 3.70. The van der Waals surface area contributed by atoms with E-state index in [4.69, 9.17) is 13.6 Å². The first kappa shape index (κ1) is 26.0. The number of fused-ring (bicyclic) bond motifs is 3. The summed E-state index contributed by atoms with van der Waals surface area (Å²) in [7, 11) is 0. The summed E-state index contributed by atoms with van der Waals surface area (Å²) in [5, 5.41) is 12.6. The Morgan fingerprint density at radius 1 is 0.825 bits per heavy atom. The third-order valence-electron chi connectivity index (χ3n) is 7.56. The smallest absolute Gasteiger partial charge is 0.280 e. The number of aromatic nitrogens is 1. The first-order valence-corrected chi connectivity index (χ1v) is 14.3. The maximum absolute atomic E-state index is 13.0. The molecule has 0 unspecified atom stereocenters. The molecule has 0 aliphatic carbocycles. The van der Waals surface area contributed by atoms with Crippen LogP contribution in [-0.4, -0.2) is 28.3 Å². The number of furan rings is 2. The van der Waals surface area contributed by atoms with Crippen LogP contribution in [0.2, 0.25) is 0 Å². The predicted octanol–water partition coefficient (Wildman–Crippen LogP) is 8.70. The van der Waals surface area contributed by atoms with Gasteiger partial charge in [0, 0.05) is 16.8 Å². The number of aliphatic imine (C=N–C) groups is 1. The van der Waals surface area contributed by atoms with E-state index in [1.165, 1.54) is 44.9 Å². The summed E-state index contributed by atoms with van der Waals surface area (Å²) in [5.74, 6) is 1.01. The highest BCUT2D eigenvalue weighted by Gasteiger charge is 2.36. The molecule has 1 amide bonds. The number of H-pyrrole nitrogens is 1. The minimum absolute atomic E-state index is 0.152. The number of aryl methyl sites for hydroxylation is 1. The van der Waals surface area contributed by atoms with Gasteiger partial charge in [0.1, 0.15) is 22.6 Å². The Kier molecular flexibility index (Phi) is 7.20. The first-order valence-electron chi connectivity index (χ1n) is 14.3. The van der Waals surface area contributed by atoms with Crippen LogP contribution in [0.3, 0.4) is 0 Å². The number of amides is 1. The molecule has 1 aliphatic heterocycles. The second-order valence-corrected chi connectivity index (χ2v) is 10.6. The average molecular weight is 539 g/mol. The van der Waals surface area contributed by atoms with E-state index >= 15 is 0 Å². The van der Waals surface area contributed by atoms with Crippen molar-refractivity contribution in [2.45, 2.75) is 65.2 Å². The fourth-order valence-electron chi connectivity index (χ4n) is 5.41. The molecule has 7 nitrogen and oxygen atoms in total. The van der Waals surface area contributed by atoms with Gasteiger partial charge in [0.2, 0.25) is 0 Å². The number of hydrogen-bond donors (Lipinski definition) is 2. The summed E-state index contributed by atoms with van der Waals surface area (Å²) in [4.78, 5) is 20.2.